The fourth-order valence-electron chi connectivity index (χ4n) is 4.36. The Bertz CT molecular complexity index is 1320. The van der Waals surface area contributed by atoms with E-state index >= 15 is 0 Å². The summed E-state index contributed by atoms with van der Waals surface area (Å²) in [6, 6.07) is 13.9. The number of nitrogens with one attached hydrogen (secondary N) is 1. The molecular formula is C25H26FN5O2S. The zero-order valence-electron chi connectivity index (χ0n) is 19.1. The fourth-order valence-corrected chi connectivity index (χ4v) is 5.38. The second-order valence-corrected chi connectivity index (χ2v) is 9.42. The van der Waals surface area contributed by atoms with E-state index in [0.29, 0.717) is 13.1 Å². The van der Waals surface area contributed by atoms with Gasteiger partial charge in [0, 0.05) is 25.2 Å². The molecular weight excluding hydrogens is 453 g/mol. The largest absolute Gasteiger partial charge is 0.496 e. The van der Waals surface area contributed by atoms with Crippen molar-refractivity contribution in [3.8, 4) is 11.4 Å². The Hall–Kier alpha value is -3.46. The lowest BCUT2D eigenvalue weighted by atomic mass is 9.97. The van der Waals surface area contributed by atoms with Gasteiger partial charge in [-0.3, -0.25) is 4.79 Å². The lowest BCUT2D eigenvalue weighted by Crippen LogP contribution is -2.43. The van der Waals surface area contributed by atoms with Gasteiger partial charge in [0.1, 0.15) is 11.6 Å². The molecule has 1 amide bonds. The van der Waals surface area contributed by atoms with Gasteiger partial charge in [-0.25, -0.2) is 9.07 Å². The van der Waals surface area contributed by atoms with Crippen LogP contribution in [0.4, 0.5) is 9.52 Å². The summed E-state index contributed by atoms with van der Waals surface area (Å²) in [4.78, 5) is 20.0. The molecule has 0 spiro atoms. The monoisotopic (exact) mass is 479 g/mol. The maximum atomic E-state index is 13.4. The first kappa shape index (κ1) is 22.3. The summed E-state index contributed by atoms with van der Waals surface area (Å²) < 4.78 is 21.5. The number of rotatable bonds is 6. The Morgan fingerprint density at radius 3 is 2.82 bits per heavy atom. The van der Waals surface area contributed by atoms with Gasteiger partial charge >= 0.3 is 0 Å². The van der Waals surface area contributed by atoms with Crippen LogP contribution in [0.5, 0.6) is 5.75 Å². The van der Waals surface area contributed by atoms with E-state index in [1.54, 1.807) is 35.3 Å². The van der Waals surface area contributed by atoms with Crippen molar-refractivity contribution >= 4 is 32.7 Å². The average molecular weight is 480 g/mol. The third-order valence-electron chi connectivity index (χ3n) is 6.16. The minimum Gasteiger partial charge on any atom is -0.496 e. The maximum Gasteiger partial charge on any atom is 0.225 e. The number of benzene rings is 2. The average Bonchev–Trinajstić information content (AvgIpc) is 3.44. The van der Waals surface area contributed by atoms with Crippen LogP contribution in [0, 0.1) is 18.7 Å². The molecule has 1 N–H and O–H groups in total. The number of halogens is 1. The van der Waals surface area contributed by atoms with Crippen molar-refractivity contribution < 1.29 is 13.9 Å². The van der Waals surface area contributed by atoms with E-state index in [2.05, 4.69) is 15.3 Å². The summed E-state index contributed by atoms with van der Waals surface area (Å²) >= 11 is 1.59. The molecule has 5 rings (SSSR count). The molecule has 34 heavy (non-hydrogen) atoms. The van der Waals surface area contributed by atoms with Crippen molar-refractivity contribution in [2.24, 2.45) is 5.92 Å². The van der Waals surface area contributed by atoms with Crippen LogP contribution < -0.4 is 15.0 Å². The van der Waals surface area contributed by atoms with E-state index in [0.717, 1.165) is 57.6 Å². The molecule has 1 aliphatic rings. The van der Waals surface area contributed by atoms with Crippen LogP contribution in [0.1, 0.15) is 24.1 Å². The van der Waals surface area contributed by atoms with Gasteiger partial charge < -0.3 is 15.0 Å². The van der Waals surface area contributed by atoms with Crippen molar-refractivity contribution in [1.82, 2.24) is 20.1 Å². The molecule has 0 bridgehead atoms. The smallest absolute Gasteiger partial charge is 0.225 e. The van der Waals surface area contributed by atoms with Crippen molar-refractivity contribution in [3.05, 3.63) is 65.6 Å². The zero-order chi connectivity index (χ0) is 23.7. The molecule has 3 heterocycles. The number of anilines is 1. The molecule has 4 aromatic rings. The number of ether oxygens (including phenoxy) is 1. The van der Waals surface area contributed by atoms with Gasteiger partial charge in [-0.15, -0.1) is 0 Å². The number of aryl methyl sites for hydroxylation is 1. The highest BCUT2D eigenvalue weighted by atomic mass is 32.1. The van der Waals surface area contributed by atoms with E-state index in [9.17, 15) is 9.18 Å². The van der Waals surface area contributed by atoms with Crippen LogP contribution in [0.3, 0.4) is 0 Å². The summed E-state index contributed by atoms with van der Waals surface area (Å²) in [6.45, 7) is 3.87. The number of methoxy groups -OCH3 is 1. The molecule has 7 nitrogen and oxygen atoms in total. The summed E-state index contributed by atoms with van der Waals surface area (Å²) in [5, 5.41) is 8.55. The van der Waals surface area contributed by atoms with Crippen molar-refractivity contribution in [3.63, 3.8) is 0 Å². The van der Waals surface area contributed by atoms with E-state index in [-0.39, 0.29) is 17.6 Å². The molecule has 0 unspecified atom stereocenters. The van der Waals surface area contributed by atoms with E-state index in [1.165, 1.54) is 12.1 Å². The third-order valence-corrected chi connectivity index (χ3v) is 7.37. The van der Waals surface area contributed by atoms with Crippen LogP contribution in [0.2, 0.25) is 0 Å². The number of amides is 1. The highest BCUT2D eigenvalue weighted by Gasteiger charge is 2.28. The Kier molecular flexibility index (Phi) is 6.19. The summed E-state index contributed by atoms with van der Waals surface area (Å²) in [7, 11) is 1.63. The Balaban J connectivity index is 1.31. The zero-order valence-corrected chi connectivity index (χ0v) is 19.9. The summed E-state index contributed by atoms with van der Waals surface area (Å²) in [6.07, 6.45) is 1.77. The normalized spacial score (nSPS) is 16.1. The first-order chi connectivity index (χ1) is 16.5. The van der Waals surface area contributed by atoms with Crippen LogP contribution >= 0.6 is 11.3 Å². The molecule has 9 heteroatoms. The molecule has 2 aromatic carbocycles. The molecule has 1 fully saturated rings. The Morgan fingerprint density at radius 2 is 2.03 bits per heavy atom. The van der Waals surface area contributed by atoms with Gasteiger partial charge in [-0.05, 0) is 50.1 Å². The number of hydrogen-bond donors (Lipinski definition) is 1. The lowest BCUT2D eigenvalue weighted by molar-refractivity contribution is -0.125. The predicted octanol–water partition coefficient (Wildman–Crippen LogP) is 4.47. The number of hydrogen-bond acceptors (Lipinski definition) is 6. The molecule has 0 saturated carbocycles. The number of fused-ring (bicyclic) bond motifs is 1. The molecule has 0 radical (unpaired) electrons. The molecule has 176 valence electrons. The number of carbonyl (C=O) groups is 1. The fraction of sp³-hybridized carbons (Fsp3) is 0.320. The van der Waals surface area contributed by atoms with Crippen LogP contribution in [0.15, 0.2) is 48.5 Å². The van der Waals surface area contributed by atoms with Gasteiger partial charge in [0.05, 0.1) is 29.1 Å². The van der Waals surface area contributed by atoms with Crippen molar-refractivity contribution in [1.29, 1.82) is 0 Å². The number of carbonyl (C=O) groups excluding carboxylic acids is 1. The maximum absolute atomic E-state index is 13.4. The quantitative estimate of drug-likeness (QED) is 0.442. The Morgan fingerprint density at radius 1 is 1.24 bits per heavy atom. The predicted molar refractivity (Wildman–Crippen MR) is 131 cm³/mol. The van der Waals surface area contributed by atoms with Crippen LogP contribution in [-0.2, 0) is 11.3 Å². The molecule has 2 aromatic heterocycles. The van der Waals surface area contributed by atoms with E-state index in [1.807, 2.05) is 31.2 Å². The molecule has 1 aliphatic heterocycles. The number of thiazole rings is 1. The van der Waals surface area contributed by atoms with Gasteiger partial charge in [-0.2, -0.15) is 10.1 Å². The third kappa shape index (κ3) is 4.35. The number of aromatic nitrogens is 3. The number of nitrogens with zero attached hydrogens (tertiary/aromatic N) is 4. The topological polar surface area (TPSA) is 72.3 Å². The minimum atomic E-state index is -0.286. The standard InChI is InChI=1S/C25H26FN5O2S/c1-16-22-23(31(29-16)20-11-9-19(26)10-12-20)28-25(34-22)30-13-5-7-18(15-30)24(32)27-14-17-6-3-4-8-21(17)33-2/h3-4,6,8-12,18H,5,7,13-15H2,1-2H3,(H,27,32)/t18-/m1/s1. The van der Waals surface area contributed by atoms with Crippen molar-refractivity contribution in [2.45, 2.75) is 26.3 Å². The van der Waals surface area contributed by atoms with E-state index < -0.39 is 0 Å². The minimum absolute atomic E-state index is 0.0467. The summed E-state index contributed by atoms with van der Waals surface area (Å²) in [5.74, 6) is 0.426. The van der Waals surface area contributed by atoms with Gasteiger partial charge in [0.2, 0.25) is 5.91 Å². The van der Waals surface area contributed by atoms with Gasteiger partial charge in [0.15, 0.2) is 10.8 Å². The first-order valence-electron chi connectivity index (χ1n) is 11.3. The molecule has 1 atom stereocenters. The van der Waals surface area contributed by atoms with Gasteiger partial charge in [0.25, 0.3) is 0 Å². The lowest BCUT2D eigenvalue weighted by Gasteiger charge is -2.31. The van der Waals surface area contributed by atoms with Crippen LogP contribution in [-0.4, -0.2) is 40.9 Å². The highest BCUT2D eigenvalue weighted by molar-refractivity contribution is 7.22. The Labute approximate surface area is 201 Å². The first-order valence-corrected chi connectivity index (χ1v) is 12.1. The van der Waals surface area contributed by atoms with E-state index in [4.69, 9.17) is 9.72 Å². The molecule has 0 aliphatic carbocycles. The molecule has 1 saturated heterocycles. The highest BCUT2D eigenvalue weighted by Crippen LogP contribution is 2.34. The number of piperidine rings is 1. The summed E-state index contributed by atoms with van der Waals surface area (Å²) in [5.41, 5.74) is 3.36. The van der Waals surface area contributed by atoms with Gasteiger partial charge in [-0.1, -0.05) is 29.5 Å². The SMILES string of the molecule is COc1ccccc1CNC(=O)[C@@H]1CCCN(c2nc3c(s2)c(C)nn3-c2ccc(F)cc2)C1. The second kappa shape index (κ2) is 9.42. The number of para-hydroxylation sites is 1. The van der Waals surface area contributed by atoms with Crippen LogP contribution in [0.25, 0.3) is 16.0 Å². The second-order valence-electron chi connectivity index (χ2n) is 8.44. The van der Waals surface area contributed by atoms with Crippen molar-refractivity contribution in [2.75, 3.05) is 25.1 Å².